The number of piperazine rings is 1. The zero-order chi connectivity index (χ0) is 19.2. The van der Waals surface area contributed by atoms with Gasteiger partial charge in [0, 0.05) is 31.5 Å². The first-order valence-electron chi connectivity index (χ1n) is 10.8. The zero-order valence-corrected chi connectivity index (χ0v) is 16.8. The van der Waals surface area contributed by atoms with Gasteiger partial charge in [-0.1, -0.05) is 60.7 Å². The van der Waals surface area contributed by atoms with Crippen LogP contribution in [0.4, 0.5) is 0 Å². The lowest BCUT2D eigenvalue weighted by atomic mass is 10.0. The van der Waals surface area contributed by atoms with Crippen LogP contribution < -0.4 is 9.80 Å². The Balaban J connectivity index is 1.20. The molecule has 28 heavy (non-hydrogen) atoms. The van der Waals surface area contributed by atoms with E-state index in [2.05, 4.69) is 35.2 Å². The van der Waals surface area contributed by atoms with Crippen LogP contribution in [0.3, 0.4) is 0 Å². The molecular formula is C24H33N3O+2. The summed E-state index contributed by atoms with van der Waals surface area (Å²) in [5.74, 6) is 0.289. The van der Waals surface area contributed by atoms with E-state index >= 15 is 0 Å². The highest BCUT2D eigenvalue weighted by Crippen LogP contribution is 2.11. The van der Waals surface area contributed by atoms with Gasteiger partial charge in [0.2, 0.25) is 5.91 Å². The molecule has 4 rings (SSSR count). The largest absolute Gasteiger partial charge is 0.342 e. The normalized spacial score (nSPS) is 23.5. The molecule has 0 atom stereocenters. The molecule has 2 heterocycles. The summed E-state index contributed by atoms with van der Waals surface area (Å²) in [6.07, 6.45) is 2.85. The standard InChI is InChI=1S/C24H31N3O/c28-24(19-21-7-3-1-4-8-21)27-13-11-23(12-14-27)26-17-15-25(16-18-26)20-22-9-5-2-6-10-22/h1-10,23H,11-20H2/p+2. The molecule has 2 aliphatic rings. The summed E-state index contributed by atoms with van der Waals surface area (Å²) in [5.41, 5.74) is 2.57. The average molecular weight is 380 g/mol. The molecule has 0 aromatic heterocycles. The van der Waals surface area contributed by atoms with Crippen molar-refractivity contribution in [3.05, 3.63) is 71.8 Å². The van der Waals surface area contributed by atoms with Crippen molar-refractivity contribution in [3.8, 4) is 0 Å². The van der Waals surface area contributed by atoms with Gasteiger partial charge < -0.3 is 14.7 Å². The number of rotatable bonds is 5. The summed E-state index contributed by atoms with van der Waals surface area (Å²) in [6.45, 7) is 8.08. The van der Waals surface area contributed by atoms with E-state index in [-0.39, 0.29) is 5.91 Å². The van der Waals surface area contributed by atoms with Crippen LogP contribution in [0.1, 0.15) is 24.0 Å². The van der Waals surface area contributed by atoms with Crippen molar-refractivity contribution in [2.45, 2.75) is 31.8 Å². The van der Waals surface area contributed by atoms with E-state index in [0.717, 1.165) is 44.1 Å². The van der Waals surface area contributed by atoms with E-state index in [1.165, 1.54) is 31.7 Å². The number of nitrogens with zero attached hydrogens (tertiary/aromatic N) is 1. The van der Waals surface area contributed by atoms with Gasteiger partial charge in [-0.15, -0.1) is 0 Å². The monoisotopic (exact) mass is 379 g/mol. The summed E-state index contributed by atoms with van der Waals surface area (Å²) in [6, 6.07) is 21.7. The first-order chi connectivity index (χ1) is 13.8. The number of carbonyl (C=O) groups excluding carboxylic acids is 1. The number of benzene rings is 2. The maximum absolute atomic E-state index is 12.6. The Morgan fingerprint density at radius 1 is 0.821 bits per heavy atom. The molecule has 2 N–H and O–H groups in total. The number of hydrogen-bond donors (Lipinski definition) is 2. The Labute approximate surface area is 168 Å². The highest BCUT2D eigenvalue weighted by atomic mass is 16.2. The van der Waals surface area contributed by atoms with Crippen LogP contribution in [-0.2, 0) is 17.8 Å². The van der Waals surface area contributed by atoms with Crippen LogP contribution in [0.2, 0.25) is 0 Å². The smallest absolute Gasteiger partial charge is 0.226 e. The van der Waals surface area contributed by atoms with Gasteiger partial charge in [-0.3, -0.25) is 4.79 Å². The molecule has 0 spiro atoms. The molecule has 1 amide bonds. The fourth-order valence-electron chi connectivity index (χ4n) is 4.81. The van der Waals surface area contributed by atoms with Gasteiger partial charge in [-0.25, -0.2) is 0 Å². The zero-order valence-electron chi connectivity index (χ0n) is 16.8. The number of piperidine rings is 1. The Bertz CT molecular complexity index is 733. The molecule has 2 aliphatic heterocycles. The van der Waals surface area contributed by atoms with Crippen LogP contribution in [0.5, 0.6) is 0 Å². The summed E-state index contributed by atoms with van der Waals surface area (Å²) in [4.78, 5) is 18.1. The van der Waals surface area contributed by atoms with Gasteiger partial charge in [0.1, 0.15) is 32.7 Å². The van der Waals surface area contributed by atoms with E-state index in [1.54, 1.807) is 9.80 Å². The molecule has 0 unspecified atom stereocenters. The summed E-state index contributed by atoms with van der Waals surface area (Å²) in [7, 11) is 0. The lowest BCUT2D eigenvalue weighted by Gasteiger charge is -2.39. The van der Waals surface area contributed by atoms with E-state index in [0.29, 0.717) is 6.42 Å². The molecule has 4 heteroatoms. The average Bonchev–Trinajstić information content (AvgIpc) is 2.76. The third-order valence-corrected chi connectivity index (χ3v) is 6.52. The van der Waals surface area contributed by atoms with E-state index in [1.807, 2.05) is 30.3 Å². The van der Waals surface area contributed by atoms with Gasteiger partial charge in [-0.2, -0.15) is 0 Å². The number of carbonyl (C=O) groups is 1. The molecule has 148 valence electrons. The third kappa shape index (κ3) is 5.00. The van der Waals surface area contributed by atoms with Crippen molar-refractivity contribution in [2.75, 3.05) is 39.3 Å². The van der Waals surface area contributed by atoms with Crippen LogP contribution in [-0.4, -0.2) is 56.1 Å². The van der Waals surface area contributed by atoms with Crippen molar-refractivity contribution >= 4 is 5.91 Å². The maximum Gasteiger partial charge on any atom is 0.226 e. The molecule has 0 aliphatic carbocycles. The predicted octanol–water partition coefficient (Wildman–Crippen LogP) is 0.204. The minimum Gasteiger partial charge on any atom is -0.342 e. The highest BCUT2D eigenvalue weighted by molar-refractivity contribution is 5.78. The second-order valence-electron chi connectivity index (χ2n) is 8.39. The van der Waals surface area contributed by atoms with Crippen LogP contribution in [0.15, 0.2) is 60.7 Å². The molecule has 4 nitrogen and oxygen atoms in total. The van der Waals surface area contributed by atoms with Crippen molar-refractivity contribution in [1.82, 2.24) is 4.90 Å². The molecule has 0 radical (unpaired) electrons. The lowest BCUT2D eigenvalue weighted by Crippen LogP contribution is -3.29. The topological polar surface area (TPSA) is 29.2 Å². The third-order valence-electron chi connectivity index (χ3n) is 6.52. The fraction of sp³-hybridized carbons (Fsp3) is 0.458. The van der Waals surface area contributed by atoms with Crippen LogP contribution in [0, 0.1) is 0 Å². The quantitative estimate of drug-likeness (QED) is 0.764. The Morgan fingerprint density at radius 2 is 1.39 bits per heavy atom. The Hall–Kier alpha value is -2.17. The summed E-state index contributed by atoms with van der Waals surface area (Å²) in [5, 5.41) is 0. The van der Waals surface area contributed by atoms with Crippen molar-refractivity contribution in [2.24, 2.45) is 0 Å². The van der Waals surface area contributed by atoms with Crippen molar-refractivity contribution in [3.63, 3.8) is 0 Å². The van der Waals surface area contributed by atoms with E-state index in [4.69, 9.17) is 0 Å². The van der Waals surface area contributed by atoms with Crippen molar-refractivity contribution in [1.29, 1.82) is 0 Å². The SMILES string of the molecule is O=C(Cc1ccccc1)N1CCC([NH+]2CC[NH+](Cc3ccccc3)CC2)CC1. The molecule has 0 bridgehead atoms. The van der Waals surface area contributed by atoms with Gasteiger partial charge in [0.25, 0.3) is 0 Å². The maximum atomic E-state index is 12.6. The van der Waals surface area contributed by atoms with Gasteiger partial charge in [0.15, 0.2) is 0 Å². The van der Waals surface area contributed by atoms with Crippen LogP contribution in [0.25, 0.3) is 0 Å². The molecule has 2 aromatic rings. The first kappa shape index (κ1) is 19.2. The van der Waals surface area contributed by atoms with E-state index in [9.17, 15) is 4.79 Å². The molecule has 2 fully saturated rings. The predicted molar refractivity (Wildman–Crippen MR) is 111 cm³/mol. The Kier molecular flexibility index (Phi) is 6.40. The van der Waals surface area contributed by atoms with E-state index < -0.39 is 0 Å². The van der Waals surface area contributed by atoms with Gasteiger partial charge in [0.05, 0.1) is 12.5 Å². The number of likely N-dealkylation sites (tertiary alicyclic amines) is 1. The fourth-order valence-corrected chi connectivity index (χ4v) is 4.81. The minimum absolute atomic E-state index is 0.289. The van der Waals surface area contributed by atoms with Crippen molar-refractivity contribution < 1.29 is 14.6 Å². The summed E-state index contributed by atoms with van der Waals surface area (Å²) >= 11 is 0. The summed E-state index contributed by atoms with van der Waals surface area (Å²) < 4.78 is 0. The first-order valence-corrected chi connectivity index (χ1v) is 10.8. The number of nitrogens with one attached hydrogen (secondary N) is 2. The minimum atomic E-state index is 0.289. The Morgan fingerprint density at radius 3 is 2.00 bits per heavy atom. The number of hydrogen-bond acceptors (Lipinski definition) is 1. The number of amides is 1. The second kappa shape index (κ2) is 9.35. The van der Waals surface area contributed by atoms with Gasteiger partial charge in [-0.05, 0) is 5.56 Å². The molecule has 2 aromatic carbocycles. The second-order valence-corrected chi connectivity index (χ2v) is 8.39. The van der Waals surface area contributed by atoms with Crippen LogP contribution >= 0.6 is 0 Å². The van der Waals surface area contributed by atoms with Gasteiger partial charge >= 0.3 is 0 Å². The molecule has 2 saturated heterocycles. The molecular weight excluding hydrogens is 346 g/mol. The number of quaternary nitrogens is 2. The lowest BCUT2D eigenvalue weighted by molar-refractivity contribution is -1.03. The highest BCUT2D eigenvalue weighted by Gasteiger charge is 2.33. The molecule has 0 saturated carbocycles.